The number of nitrogens with two attached hydrogens (primary N) is 1. The van der Waals surface area contributed by atoms with Gasteiger partial charge in [-0.3, -0.25) is 0 Å². The third kappa shape index (κ3) is 2.49. The van der Waals surface area contributed by atoms with Gasteiger partial charge in [-0.1, -0.05) is 40.5 Å². The fourth-order valence-electron chi connectivity index (χ4n) is 10.3. The summed E-state index contributed by atoms with van der Waals surface area (Å²) in [6.45, 7) is 10.8. The van der Waals surface area contributed by atoms with E-state index in [2.05, 4.69) is 27.7 Å². The Hall–Kier alpha value is -0.120. The molecule has 2 aliphatic heterocycles. The van der Waals surface area contributed by atoms with E-state index in [-0.39, 0.29) is 11.2 Å². The second-order valence-corrected chi connectivity index (χ2v) is 13.1. The fourth-order valence-corrected chi connectivity index (χ4v) is 10.3. The zero-order valence-electron chi connectivity index (χ0n) is 19.9. The molecule has 6 fully saturated rings. The maximum absolute atomic E-state index is 7.20. The van der Waals surface area contributed by atoms with Gasteiger partial charge in [-0.05, 0) is 85.4 Å². The molecule has 30 heavy (non-hydrogen) atoms. The average molecular weight is 416 g/mol. The van der Waals surface area contributed by atoms with Crippen molar-refractivity contribution < 1.29 is 9.47 Å². The van der Waals surface area contributed by atoms with Crippen molar-refractivity contribution in [1.29, 1.82) is 0 Å². The van der Waals surface area contributed by atoms with E-state index in [4.69, 9.17) is 15.2 Å². The molecule has 2 N–H and O–H groups in total. The first-order valence-electron chi connectivity index (χ1n) is 13.4. The van der Waals surface area contributed by atoms with E-state index in [1.54, 1.807) is 0 Å². The van der Waals surface area contributed by atoms with E-state index >= 15 is 0 Å². The number of fused-ring (bicyclic) bond motifs is 7. The molecule has 4 aliphatic carbocycles. The highest BCUT2D eigenvalue weighted by atomic mass is 16.7. The standard InChI is InChI=1S/C27H45NO2/c1-16-10-12-27(29-15-16)17(2)24-22(30-27)13-21-19-9-8-18-7-5-6-11-25(18,3)20(19)14-23(28)26(21,24)4/h16-24H,5-15,28H2,1-4H3/t16-,17+,18-,19-,20+,21+,22+,23-,24+,25+,26-,27-/m1/s1. The molecule has 0 unspecified atom stereocenters. The Morgan fingerprint density at radius 1 is 0.900 bits per heavy atom. The van der Waals surface area contributed by atoms with Crippen LogP contribution in [0.2, 0.25) is 0 Å². The van der Waals surface area contributed by atoms with Crippen LogP contribution in [-0.2, 0) is 9.47 Å². The molecule has 2 heterocycles. The minimum absolute atomic E-state index is 0.221. The Kier molecular flexibility index (Phi) is 4.58. The van der Waals surface area contributed by atoms with Gasteiger partial charge in [0.15, 0.2) is 5.79 Å². The Morgan fingerprint density at radius 2 is 1.73 bits per heavy atom. The topological polar surface area (TPSA) is 44.5 Å². The molecule has 3 nitrogen and oxygen atoms in total. The molecule has 6 rings (SSSR count). The van der Waals surface area contributed by atoms with E-state index < -0.39 is 0 Å². The summed E-state index contributed by atoms with van der Waals surface area (Å²) < 4.78 is 13.4. The van der Waals surface area contributed by atoms with Crippen molar-refractivity contribution in [1.82, 2.24) is 0 Å². The molecule has 0 aromatic heterocycles. The Balaban J connectivity index is 1.31. The lowest BCUT2D eigenvalue weighted by atomic mass is 9.43. The van der Waals surface area contributed by atoms with Crippen molar-refractivity contribution in [2.45, 2.75) is 110 Å². The summed E-state index contributed by atoms with van der Waals surface area (Å²) >= 11 is 0. The molecule has 12 atom stereocenters. The van der Waals surface area contributed by atoms with Gasteiger partial charge >= 0.3 is 0 Å². The first-order valence-corrected chi connectivity index (χ1v) is 13.4. The molecule has 1 spiro atoms. The van der Waals surface area contributed by atoms with Crippen molar-refractivity contribution in [3.8, 4) is 0 Å². The summed E-state index contributed by atoms with van der Waals surface area (Å²) in [5.41, 5.74) is 7.97. The monoisotopic (exact) mass is 415 g/mol. The lowest BCUT2D eigenvalue weighted by Gasteiger charge is -2.62. The second kappa shape index (κ2) is 6.70. The van der Waals surface area contributed by atoms with E-state index in [0.717, 1.165) is 36.7 Å². The predicted octanol–water partition coefficient (Wildman–Crippen LogP) is 5.76. The number of ether oxygens (including phenoxy) is 2. The Bertz CT molecular complexity index is 686. The minimum atomic E-state index is -0.320. The van der Waals surface area contributed by atoms with Gasteiger partial charge in [-0.25, -0.2) is 0 Å². The number of hydrogen-bond acceptors (Lipinski definition) is 3. The quantitative estimate of drug-likeness (QED) is 0.547. The van der Waals surface area contributed by atoms with Crippen LogP contribution in [0.4, 0.5) is 0 Å². The van der Waals surface area contributed by atoms with Crippen LogP contribution in [0.15, 0.2) is 0 Å². The Labute approximate surface area is 184 Å². The van der Waals surface area contributed by atoms with Crippen LogP contribution in [0.3, 0.4) is 0 Å². The molecule has 0 radical (unpaired) electrons. The predicted molar refractivity (Wildman–Crippen MR) is 120 cm³/mol. The highest BCUT2D eigenvalue weighted by molar-refractivity contribution is 5.18. The van der Waals surface area contributed by atoms with E-state index in [9.17, 15) is 0 Å². The van der Waals surface area contributed by atoms with Crippen molar-refractivity contribution in [3.63, 3.8) is 0 Å². The normalized spacial score (nSPS) is 62.5. The second-order valence-electron chi connectivity index (χ2n) is 13.1. The first kappa shape index (κ1) is 20.5. The summed E-state index contributed by atoms with van der Waals surface area (Å²) in [5, 5.41) is 0. The number of hydrogen-bond donors (Lipinski definition) is 1. The minimum Gasteiger partial charge on any atom is -0.349 e. The van der Waals surface area contributed by atoms with Crippen LogP contribution in [-0.4, -0.2) is 24.5 Å². The maximum atomic E-state index is 7.20. The molecular formula is C27H45NO2. The molecule has 170 valence electrons. The Morgan fingerprint density at radius 3 is 2.50 bits per heavy atom. The molecule has 0 amide bonds. The van der Waals surface area contributed by atoms with Crippen molar-refractivity contribution >= 4 is 0 Å². The van der Waals surface area contributed by atoms with Gasteiger partial charge < -0.3 is 15.2 Å². The molecule has 4 saturated carbocycles. The summed E-state index contributed by atoms with van der Waals surface area (Å²) in [4.78, 5) is 0. The average Bonchev–Trinajstić information content (AvgIpc) is 3.17. The molecule has 0 bridgehead atoms. The van der Waals surface area contributed by atoms with Crippen LogP contribution >= 0.6 is 0 Å². The van der Waals surface area contributed by atoms with Crippen molar-refractivity contribution in [2.75, 3.05) is 6.61 Å². The highest BCUT2D eigenvalue weighted by Gasteiger charge is 2.70. The van der Waals surface area contributed by atoms with Gasteiger partial charge in [-0.15, -0.1) is 0 Å². The van der Waals surface area contributed by atoms with Crippen LogP contribution in [0.1, 0.15) is 91.9 Å². The van der Waals surface area contributed by atoms with Gasteiger partial charge in [0.25, 0.3) is 0 Å². The van der Waals surface area contributed by atoms with Gasteiger partial charge in [0.2, 0.25) is 0 Å². The third-order valence-corrected chi connectivity index (χ3v) is 12.1. The SMILES string of the molecule is C[C@@H]1CC[C@@]2(OC1)O[C@H]1C[C@H]3[C@@H]4CC[C@H]5CCCC[C@]5(C)[C@H]4C[C@@H](N)[C@]3(C)[C@H]1[C@@H]2C. The first-order chi connectivity index (χ1) is 14.3. The lowest BCUT2D eigenvalue weighted by molar-refractivity contribution is -0.273. The third-order valence-electron chi connectivity index (χ3n) is 12.1. The van der Waals surface area contributed by atoms with E-state index in [1.807, 2.05) is 0 Å². The zero-order valence-corrected chi connectivity index (χ0v) is 19.9. The van der Waals surface area contributed by atoms with Crippen LogP contribution in [0.5, 0.6) is 0 Å². The molecule has 0 aromatic rings. The van der Waals surface area contributed by atoms with Gasteiger partial charge in [-0.2, -0.15) is 0 Å². The van der Waals surface area contributed by atoms with E-state index in [1.165, 1.54) is 57.8 Å². The van der Waals surface area contributed by atoms with Crippen LogP contribution < -0.4 is 5.73 Å². The molecule has 0 aromatic carbocycles. The summed E-state index contributed by atoms with van der Waals surface area (Å²) in [7, 11) is 0. The molecule has 6 aliphatic rings. The molecule has 3 heteroatoms. The maximum Gasteiger partial charge on any atom is 0.171 e. The summed E-state index contributed by atoms with van der Waals surface area (Å²) in [6.07, 6.45) is 13.9. The van der Waals surface area contributed by atoms with Crippen molar-refractivity contribution in [2.24, 2.45) is 58.0 Å². The van der Waals surface area contributed by atoms with Crippen LogP contribution in [0.25, 0.3) is 0 Å². The summed E-state index contributed by atoms with van der Waals surface area (Å²) in [5.74, 6) is 4.82. The fraction of sp³-hybridized carbons (Fsp3) is 1.00. The van der Waals surface area contributed by atoms with Gasteiger partial charge in [0.1, 0.15) is 0 Å². The van der Waals surface area contributed by atoms with Crippen molar-refractivity contribution in [3.05, 3.63) is 0 Å². The molecule has 2 saturated heterocycles. The van der Waals surface area contributed by atoms with Crippen LogP contribution in [0, 0.1) is 52.3 Å². The number of rotatable bonds is 0. The largest absolute Gasteiger partial charge is 0.349 e. The highest BCUT2D eigenvalue weighted by Crippen LogP contribution is 2.71. The lowest BCUT2D eigenvalue weighted by Crippen LogP contribution is -2.61. The van der Waals surface area contributed by atoms with Gasteiger partial charge in [0, 0.05) is 24.3 Å². The van der Waals surface area contributed by atoms with Gasteiger partial charge in [0.05, 0.1) is 12.7 Å². The summed E-state index contributed by atoms with van der Waals surface area (Å²) in [6, 6.07) is 0.319. The zero-order chi connectivity index (χ0) is 20.9. The molecular weight excluding hydrogens is 370 g/mol. The smallest absolute Gasteiger partial charge is 0.171 e. The van der Waals surface area contributed by atoms with E-state index in [0.29, 0.717) is 35.3 Å².